The average molecular weight is 225 g/mol. The molecule has 0 saturated carbocycles. The molecular weight excluding hydrogens is 206 g/mol. The molecule has 1 aromatic rings. The maximum Gasteiger partial charge on any atom is 0.360 e. The van der Waals surface area contributed by atoms with Gasteiger partial charge in [0.25, 0.3) is 0 Å². The lowest BCUT2D eigenvalue weighted by Gasteiger charge is -2.14. The smallest absolute Gasteiger partial charge is 0.360 e. The predicted octanol–water partition coefficient (Wildman–Crippen LogP) is 2.00. The van der Waals surface area contributed by atoms with Gasteiger partial charge in [0.1, 0.15) is 5.82 Å². The molecule has 0 amide bonds. The summed E-state index contributed by atoms with van der Waals surface area (Å²) in [5.41, 5.74) is 6.05. The van der Waals surface area contributed by atoms with Crippen LogP contribution in [0.25, 0.3) is 0 Å². The van der Waals surface area contributed by atoms with Crippen molar-refractivity contribution in [1.82, 2.24) is 9.55 Å². The fourth-order valence-electron chi connectivity index (χ4n) is 1.61. The molecule has 0 saturated heterocycles. The zero-order chi connectivity index (χ0) is 12.1. The Morgan fingerprint density at radius 3 is 2.94 bits per heavy atom. The first-order valence-corrected chi connectivity index (χ1v) is 5.52. The minimum Gasteiger partial charge on any atom is -0.464 e. The molecule has 0 fully saturated rings. The second kappa shape index (κ2) is 5.53. The number of aromatic nitrogens is 2. The number of carbonyl (C=O) groups excluding carboxylic acids is 1. The van der Waals surface area contributed by atoms with E-state index in [0.29, 0.717) is 5.82 Å². The molecule has 0 radical (unpaired) electrons. The van der Waals surface area contributed by atoms with Crippen molar-refractivity contribution in [3.63, 3.8) is 0 Å². The Balaban J connectivity index is 2.82. The van der Waals surface area contributed by atoms with Crippen molar-refractivity contribution in [2.24, 2.45) is 0 Å². The average Bonchev–Trinajstić information content (AvgIpc) is 2.67. The molecule has 0 aliphatic heterocycles. The highest BCUT2D eigenvalue weighted by molar-refractivity contribution is 5.92. The van der Waals surface area contributed by atoms with E-state index in [-0.39, 0.29) is 11.7 Å². The summed E-state index contributed by atoms with van der Waals surface area (Å²) in [6.07, 6.45) is 4.90. The molecule has 0 spiro atoms. The molecular formula is C11H19N3O2. The molecule has 16 heavy (non-hydrogen) atoms. The van der Waals surface area contributed by atoms with Gasteiger partial charge in [0.2, 0.25) is 0 Å². The number of hydrogen-bond acceptors (Lipinski definition) is 4. The van der Waals surface area contributed by atoms with Crippen LogP contribution in [0.15, 0.2) is 6.33 Å². The van der Waals surface area contributed by atoms with Crippen LogP contribution in [-0.2, 0) is 4.74 Å². The number of anilines is 1. The van der Waals surface area contributed by atoms with Crippen LogP contribution < -0.4 is 5.73 Å². The Morgan fingerprint density at radius 2 is 2.38 bits per heavy atom. The van der Waals surface area contributed by atoms with Gasteiger partial charge in [0.15, 0.2) is 5.69 Å². The Hall–Kier alpha value is -1.52. The Kier molecular flexibility index (Phi) is 4.34. The summed E-state index contributed by atoms with van der Waals surface area (Å²) in [4.78, 5) is 15.3. The molecule has 1 unspecified atom stereocenters. The minimum atomic E-state index is -0.487. The molecule has 0 aliphatic carbocycles. The molecule has 1 atom stereocenters. The van der Waals surface area contributed by atoms with Crippen LogP contribution >= 0.6 is 0 Å². The normalized spacial score (nSPS) is 12.4. The van der Waals surface area contributed by atoms with E-state index in [2.05, 4.69) is 23.6 Å². The van der Waals surface area contributed by atoms with E-state index in [1.807, 2.05) is 4.57 Å². The van der Waals surface area contributed by atoms with Crippen molar-refractivity contribution in [1.29, 1.82) is 0 Å². The molecule has 90 valence electrons. The highest BCUT2D eigenvalue weighted by atomic mass is 16.5. The number of nitrogen functional groups attached to an aromatic ring is 1. The molecule has 5 heteroatoms. The van der Waals surface area contributed by atoms with E-state index in [1.165, 1.54) is 7.11 Å². The number of esters is 1. The summed E-state index contributed by atoms with van der Waals surface area (Å²) in [5.74, 6) is -0.102. The standard InChI is InChI=1S/C11H19N3O2/c1-4-5-6-8(2)14-7-13-9(10(14)12)11(15)16-3/h7-8H,4-6,12H2,1-3H3. The van der Waals surface area contributed by atoms with Crippen molar-refractivity contribution in [2.75, 3.05) is 12.8 Å². The zero-order valence-corrected chi connectivity index (χ0v) is 10.1. The zero-order valence-electron chi connectivity index (χ0n) is 10.1. The number of methoxy groups -OCH3 is 1. The van der Waals surface area contributed by atoms with Gasteiger partial charge in [0, 0.05) is 6.04 Å². The fourth-order valence-corrected chi connectivity index (χ4v) is 1.61. The lowest BCUT2D eigenvalue weighted by atomic mass is 10.1. The molecule has 0 aromatic carbocycles. The summed E-state index contributed by atoms with van der Waals surface area (Å²) in [7, 11) is 1.32. The monoisotopic (exact) mass is 225 g/mol. The maximum absolute atomic E-state index is 11.3. The highest BCUT2D eigenvalue weighted by Gasteiger charge is 2.18. The first-order chi connectivity index (χ1) is 7.61. The minimum absolute atomic E-state index is 0.200. The van der Waals surface area contributed by atoms with Crippen molar-refractivity contribution in [3.8, 4) is 0 Å². The van der Waals surface area contributed by atoms with E-state index in [0.717, 1.165) is 19.3 Å². The van der Waals surface area contributed by atoms with E-state index in [4.69, 9.17) is 5.73 Å². The van der Waals surface area contributed by atoms with Gasteiger partial charge >= 0.3 is 5.97 Å². The molecule has 1 heterocycles. The number of ether oxygens (including phenoxy) is 1. The SMILES string of the molecule is CCCCC(C)n1cnc(C(=O)OC)c1N. The van der Waals surface area contributed by atoms with Crippen molar-refractivity contribution >= 4 is 11.8 Å². The van der Waals surface area contributed by atoms with Gasteiger partial charge in [-0.1, -0.05) is 19.8 Å². The van der Waals surface area contributed by atoms with Gasteiger partial charge in [-0.05, 0) is 13.3 Å². The third-order valence-corrected chi connectivity index (χ3v) is 2.66. The van der Waals surface area contributed by atoms with Crippen LogP contribution in [0.1, 0.15) is 49.6 Å². The van der Waals surface area contributed by atoms with Gasteiger partial charge < -0.3 is 15.0 Å². The summed E-state index contributed by atoms with van der Waals surface area (Å²) in [5, 5.41) is 0. The largest absolute Gasteiger partial charge is 0.464 e. The van der Waals surface area contributed by atoms with Crippen molar-refractivity contribution < 1.29 is 9.53 Å². The first kappa shape index (κ1) is 12.5. The van der Waals surface area contributed by atoms with E-state index in [1.54, 1.807) is 6.33 Å². The predicted molar refractivity (Wildman–Crippen MR) is 62.2 cm³/mol. The number of carbonyl (C=O) groups is 1. The fraction of sp³-hybridized carbons (Fsp3) is 0.636. The molecule has 0 bridgehead atoms. The van der Waals surface area contributed by atoms with Crippen LogP contribution in [0.4, 0.5) is 5.82 Å². The van der Waals surface area contributed by atoms with Crippen LogP contribution in [0, 0.1) is 0 Å². The van der Waals surface area contributed by atoms with Crippen molar-refractivity contribution in [2.45, 2.75) is 39.2 Å². The lowest BCUT2D eigenvalue weighted by molar-refractivity contribution is 0.0596. The molecule has 1 rings (SSSR count). The lowest BCUT2D eigenvalue weighted by Crippen LogP contribution is -2.11. The maximum atomic E-state index is 11.3. The first-order valence-electron chi connectivity index (χ1n) is 5.52. The summed E-state index contributed by atoms with van der Waals surface area (Å²) in [6, 6.07) is 0.255. The molecule has 5 nitrogen and oxygen atoms in total. The summed E-state index contributed by atoms with van der Waals surface area (Å²) < 4.78 is 6.42. The van der Waals surface area contributed by atoms with Gasteiger partial charge in [-0.25, -0.2) is 9.78 Å². The number of hydrogen-bond donors (Lipinski definition) is 1. The van der Waals surface area contributed by atoms with Crippen LogP contribution in [0.5, 0.6) is 0 Å². The van der Waals surface area contributed by atoms with Gasteiger partial charge in [-0.3, -0.25) is 0 Å². The van der Waals surface area contributed by atoms with Gasteiger partial charge in [0.05, 0.1) is 13.4 Å². The number of imidazole rings is 1. The number of nitrogens with two attached hydrogens (primary N) is 1. The highest BCUT2D eigenvalue weighted by Crippen LogP contribution is 2.21. The number of unbranched alkanes of at least 4 members (excludes halogenated alkanes) is 1. The molecule has 1 aromatic heterocycles. The summed E-state index contributed by atoms with van der Waals surface area (Å²) >= 11 is 0. The van der Waals surface area contributed by atoms with Crippen molar-refractivity contribution in [3.05, 3.63) is 12.0 Å². The Morgan fingerprint density at radius 1 is 1.69 bits per heavy atom. The van der Waals surface area contributed by atoms with Crippen LogP contribution in [0.3, 0.4) is 0 Å². The summed E-state index contributed by atoms with van der Waals surface area (Å²) in [6.45, 7) is 4.21. The second-order valence-corrected chi connectivity index (χ2v) is 3.87. The molecule has 2 N–H and O–H groups in total. The van der Waals surface area contributed by atoms with Gasteiger partial charge in [-0.2, -0.15) is 0 Å². The van der Waals surface area contributed by atoms with E-state index in [9.17, 15) is 4.79 Å². The second-order valence-electron chi connectivity index (χ2n) is 3.87. The Labute approximate surface area is 95.6 Å². The number of rotatable bonds is 5. The van der Waals surface area contributed by atoms with Crippen LogP contribution in [0.2, 0.25) is 0 Å². The van der Waals surface area contributed by atoms with E-state index >= 15 is 0 Å². The third-order valence-electron chi connectivity index (χ3n) is 2.66. The topological polar surface area (TPSA) is 70.1 Å². The quantitative estimate of drug-likeness (QED) is 0.778. The van der Waals surface area contributed by atoms with Crippen LogP contribution in [-0.4, -0.2) is 22.6 Å². The van der Waals surface area contributed by atoms with E-state index < -0.39 is 5.97 Å². The van der Waals surface area contributed by atoms with Gasteiger partial charge in [-0.15, -0.1) is 0 Å². The Bertz CT molecular complexity index is 360. The molecule has 0 aliphatic rings. The number of nitrogens with zero attached hydrogens (tertiary/aromatic N) is 2. The third kappa shape index (κ3) is 2.53.